The second-order valence-corrected chi connectivity index (χ2v) is 6.64. The number of nitrogens with one attached hydrogen (secondary N) is 2. The Morgan fingerprint density at radius 1 is 1.07 bits per heavy atom. The second kappa shape index (κ2) is 6.99. The first-order valence-electron chi connectivity index (χ1n) is 9.16. The van der Waals surface area contributed by atoms with Crippen molar-refractivity contribution in [1.29, 1.82) is 0 Å². The molecule has 2 aromatic heterocycles. The molecular weight excluding hydrogens is 386 g/mol. The Hall–Kier alpha value is -4.21. The lowest BCUT2D eigenvalue weighted by atomic mass is 9.92. The van der Waals surface area contributed by atoms with E-state index in [1.807, 2.05) is 42.5 Å². The van der Waals surface area contributed by atoms with E-state index < -0.39 is 6.04 Å². The number of hydrogen-bond donors (Lipinski definition) is 2. The van der Waals surface area contributed by atoms with Crippen LogP contribution in [0.25, 0.3) is 11.3 Å². The van der Waals surface area contributed by atoms with Crippen molar-refractivity contribution in [3.8, 4) is 22.8 Å². The van der Waals surface area contributed by atoms with Crippen LogP contribution in [0.1, 0.15) is 17.2 Å². The van der Waals surface area contributed by atoms with Crippen molar-refractivity contribution in [2.24, 2.45) is 0 Å². The molecule has 10 nitrogen and oxygen atoms in total. The quantitative estimate of drug-likeness (QED) is 0.468. The first-order chi connectivity index (χ1) is 14.7. The van der Waals surface area contributed by atoms with E-state index in [-0.39, 0.29) is 5.56 Å². The minimum absolute atomic E-state index is 0.342. The van der Waals surface area contributed by atoms with Gasteiger partial charge in [-0.2, -0.15) is 9.78 Å². The molecule has 2 aromatic carbocycles. The Morgan fingerprint density at radius 3 is 2.67 bits per heavy atom. The van der Waals surface area contributed by atoms with E-state index in [1.54, 1.807) is 25.0 Å². The fourth-order valence-electron chi connectivity index (χ4n) is 3.69. The maximum atomic E-state index is 12.7. The van der Waals surface area contributed by atoms with Gasteiger partial charge in [-0.3, -0.25) is 4.79 Å². The van der Waals surface area contributed by atoms with Crippen LogP contribution >= 0.6 is 0 Å². The molecule has 5 rings (SSSR count). The highest BCUT2D eigenvalue weighted by Gasteiger charge is 2.35. The number of anilines is 2. The summed E-state index contributed by atoms with van der Waals surface area (Å²) in [6.45, 7) is 0. The van der Waals surface area contributed by atoms with Gasteiger partial charge in [0.15, 0.2) is 0 Å². The minimum Gasteiger partial charge on any atom is -0.497 e. The summed E-state index contributed by atoms with van der Waals surface area (Å²) >= 11 is 0. The van der Waals surface area contributed by atoms with Gasteiger partial charge in [0, 0.05) is 22.8 Å². The summed E-state index contributed by atoms with van der Waals surface area (Å²) in [5, 5.41) is 21.9. The van der Waals surface area contributed by atoms with E-state index >= 15 is 0 Å². The highest BCUT2D eigenvalue weighted by atomic mass is 16.5. The topological polar surface area (TPSA) is 120 Å². The lowest BCUT2D eigenvalue weighted by Gasteiger charge is -2.28. The fourth-order valence-corrected chi connectivity index (χ4v) is 3.69. The molecule has 2 N–H and O–H groups in total. The molecule has 150 valence electrons. The predicted octanol–water partition coefficient (Wildman–Crippen LogP) is 2.14. The molecule has 0 radical (unpaired) electrons. The Morgan fingerprint density at radius 2 is 1.90 bits per heavy atom. The van der Waals surface area contributed by atoms with Gasteiger partial charge in [0.1, 0.15) is 23.2 Å². The molecule has 1 aliphatic rings. The number of rotatable bonds is 4. The van der Waals surface area contributed by atoms with Gasteiger partial charge in [-0.1, -0.05) is 35.4 Å². The third-order valence-corrected chi connectivity index (χ3v) is 5.05. The molecule has 0 saturated carbocycles. The van der Waals surface area contributed by atoms with Gasteiger partial charge in [0.25, 0.3) is 5.56 Å². The third kappa shape index (κ3) is 2.69. The van der Waals surface area contributed by atoms with E-state index in [4.69, 9.17) is 9.47 Å². The molecular formula is C20H17N7O3. The maximum Gasteiger partial charge on any atom is 0.288 e. The van der Waals surface area contributed by atoms with E-state index in [1.165, 1.54) is 0 Å². The van der Waals surface area contributed by atoms with Crippen LogP contribution in [0.5, 0.6) is 11.5 Å². The van der Waals surface area contributed by atoms with Crippen LogP contribution in [0.3, 0.4) is 0 Å². The molecule has 1 aliphatic heterocycles. The van der Waals surface area contributed by atoms with E-state index in [0.29, 0.717) is 34.4 Å². The molecule has 0 saturated heterocycles. The zero-order valence-electron chi connectivity index (χ0n) is 16.2. The van der Waals surface area contributed by atoms with Crippen LogP contribution in [0.4, 0.5) is 11.6 Å². The van der Waals surface area contributed by atoms with Crippen LogP contribution in [0.15, 0.2) is 53.3 Å². The normalized spacial score (nSPS) is 14.4. The number of hydrogen-bond acceptors (Lipinski definition) is 8. The van der Waals surface area contributed by atoms with Gasteiger partial charge in [-0.25, -0.2) is 5.10 Å². The lowest BCUT2D eigenvalue weighted by molar-refractivity contribution is 0.386. The van der Waals surface area contributed by atoms with Gasteiger partial charge in [-0.15, -0.1) is 0 Å². The molecule has 4 aromatic rings. The van der Waals surface area contributed by atoms with Crippen LogP contribution in [0, 0.1) is 0 Å². The van der Waals surface area contributed by atoms with E-state index in [0.717, 1.165) is 11.1 Å². The summed E-state index contributed by atoms with van der Waals surface area (Å²) in [5.41, 5.74) is 2.85. The first-order valence-corrected chi connectivity index (χ1v) is 9.16. The first kappa shape index (κ1) is 17.9. The SMILES string of the molecule is COc1ccc([C@@H]2c3c(-c4ccccc4)n[nH]c(=O)c3Nc3nnnn32)c(OC)c1. The third-order valence-electron chi connectivity index (χ3n) is 5.05. The number of H-pyrrole nitrogens is 1. The average Bonchev–Trinajstić information content (AvgIpc) is 3.27. The van der Waals surface area contributed by atoms with Gasteiger partial charge in [0.05, 0.1) is 19.9 Å². The Labute approximate surface area is 170 Å². The molecule has 0 spiro atoms. The van der Waals surface area contributed by atoms with Crippen molar-refractivity contribution in [3.05, 3.63) is 70.0 Å². The predicted molar refractivity (Wildman–Crippen MR) is 108 cm³/mol. The number of benzene rings is 2. The molecule has 0 bridgehead atoms. The van der Waals surface area contributed by atoms with E-state index in [9.17, 15) is 4.79 Å². The molecule has 3 heterocycles. The van der Waals surface area contributed by atoms with E-state index in [2.05, 4.69) is 31.0 Å². The molecule has 10 heteroatoms. The maximum absolute atomic E-state index is 12.7. The zero-order chi connectivity index (χ0) is 20.7. The van der Waals surface area contributed by atoms with Crippen molar-refractivity contribution >= 4 is 11.6 Å². The number of tetrazole rings is 1. The van der Waals surface area contributed by atoms with Crippen LogP contribution < -0.4 is 20.3 Å². The summed E-state index contributed by atoms with van der Waals surface area (Å²) in [7, 11) is 3.17. The van der Waals surface area contributed by atoms with Crippen LogP contribution in [-0.2, 0) is 0 Å². The Kier molecular flexibility index (Phi) is 4.16. The van der Waals surface area contributed by atoms with Crippen molar-refractivity contribution in [1.82, 2.24) is 30.4 Å². The lowest BCUT2D eigenvalue weighted by Crippen LogP contribution is -2.29. The second-order valence-electron chi connectivity index (χ2n) is 6.64. The molecule has 30 heavy (non-hydrogen) atoms. The monoisotopic (exact) mass is 403 g/mol. The summed E-state index contributed by atoms with van der Waals surface area (Å²) in [6, 6.07) is 14.5. The number of aromatic nitrogens is 6. The van der Waals surface area contributed by atoms with Crippen molar-refractivity contribution in [2.45, 2.75) is 6.04 Å². The summed E-state index contributed by atoms with van der Waals surface area (Å²) in [6.07, 6.45) is 0. The van der Waals surface area contributed by atoms with Gasteiger partial charge in [0.2, 0.25) is 5.95 Å². The smallest absolute Gasteiger partial charge is 0.288 e. The average molecular weight is 403 g/mol. The molecule has 0 fully saturated rings. The van der Waals surface area contributed by atoms with Crippen LogP contribution in [0.2, 0.25) is 0 Å². The summed E-state index contributed by atoms with van der Waals surface area (Å²) < 4.78 is 12.6. The number of methoxy groups -OCH3 is 2. The zero-order valence-corrected chi connectivity index (χ0v) is 16.2. The van der Waals surface area contributed by atoms with Crippen molar-refractivity contribution < 1.29 is 9.47 Å². The molecule has 1 atom stereocenters. The standard InChI is InChI=1S/C20H17N7O3/c1-29-12-8-9-13(14(10-12)30-2)18-15-16(11-6-4-3-5-7-11)22-23-19(28)17(15)21-20-24-25-26-27(18)20/h3-10,18H,1-2H3,(H,23,28)(H,21,24,26)/t18-/m1/s1. The fraction of sp³-hybridized carbons (Fsp3) is 0.150. The minimum atomic E-state index is -0.544. The number of aromatic amines is 1. The number of nitrogens with zero attached hydrogens (tertiary/aromatic N) is 5. The molecule has 0 amide bonds. The molecule has 0 aliphatic carbocycles. The highest BCUT2D eigenvalue weighted by molar-refractivity contribution is 5.76. The largest absolute Gasteiger partial charge is 0.497 e. The number of fused-ring (bicyclic) bond motifs is 2. The summed E-state index contributed by atoms with van der Waals surface area (Å²) in [5.74, 6) is 1.57. The highest BCUT2D eigenvalue weighted by Crippen LogP contribution is 2.44. The van der Waals surface area contributed by atoms with Crippen molar-refractivity contribution in [2.75, 3.05) is 19.5 Å². The molecule has 0 unspecified atom stereocenters. The Bertz CT molecular complexity index is 1280. The van der Waals surface area contributed by atoms with Gasteiger partial charge < -0.3 is 14.8 Å². The van der Waals surface area contributed by atoms with Crippen LogP contribution in [-0.4, -0.2) is 44.6 Å². The van der Waals surface area contributed by atoms with Gasteiger partial charge >= 0.3 is 0 Å². The van der Waals surface area contributed by atoms with Gasteiger partial charge in [-0.05, 0) is 22.6 Å². The van der Waals surface area contributed by atoms with Crippen molar-refractivity contribution in [3.63, 3.8) is 0 Å². The summed E-state index contributed by atoms with van der Waals surface area (Å²) in [4.78, 5) is 12.7. The Balaban J connectivity index is 1.83. The number of ether oxygens (including phenoxy) is 2.